The van der Waals surface area contributed by atoms with E-state index in [0.29, 0.717) is 11.8 Å². The second kappa shape index (κ2) is 5.40. The normalized spacial score (nSPS) is 27.9. The molecule has 2 atom stereocenters. The fourth-order valence-electron chi connectivity index (χ4n) is 3.63. The second-order valence-electron chi connectivity index (χ2n) is 7.72. The van der Waals surface area contributed by atoms with Gasteiger partial charge in [0, 0.05) is 24.2 Å². The molecule has 0 aliphatic heterocycles. The van der Waals surface area contributed by atoms with Crippen LogP contribution in [0.15, 0.2) is 17.8 Å². The van der Waals surface area contributed by atoms with E-state index < -0.39 is 5.60 Å². The Balaban J connectivity index is 1.70. The summed E-state index contributed by atoms with van der Waals surface area (Å²) in [5, 5.41) is 13.0. The van der Waals surface area contributed by atoms with Crippen molar-refractivity contribution in [2.24, 2.45) is 11.3 Å². The highest BCUT2D eigenvalue weighted by Gasteiger charge is 2.35. The lowest BCUT2D eigenvalue weighted by atomic mass is 9.76. The van der Waals surface area contributed by atoms with Gasteiger partial charge in [-0.05, 0) is 37.0 Å². The Kier molecular flexibility index (Phi) is 3.87. The van der Waals surface area contributed by atoms with E-state index >= 15 is 0 Å². The van der Waals surface area contributed by atoms with Crippen LogP contribution in [-0.4, -0.2) is 20.1 Å². The van der Waals surface area contributed by atoms with Crippen molar-refractivity contribution in [1.82, 2.24) is 9.38 Å². The monoisotopic (exact) mass is 306 g/mol. The molecular weight excluding hydrogens is 280 g/mol. The van der Waals surface area contributed by atoms with Gasteiger partial charge >= 0.3 is 0 Å². The Labute approximate surface area is 131 Å². The SMILES string of the molecule is CC(C)(C)C1CCCC(O)(Cc2cn3ccsc3n2)CC1. The Morgan fingerprint density at radius 2 is 2.19 bits per heavy atom. The maximum Gasteiger partial charge on any atom is 0.193 e. The minimum absolute atomic E-state index is 0.349. The highest BCUT2D eigenvalue weighted by Crippen LogP contribution is 2.40. The molecule has 1 saturated carbocycles. The number of rotatable bonds is 2. The Morgan fingerprint density at radius 3 is 2.90 bits per heavy atom. The van der Waals surface area contributed by atoms with E-state index in [0.717, 1.165) is 42.3 Å². The van der Waals surface area contributed by atoms with E-state index in [1.807, 2.05) is 11.6 Å². The van der Waals surface area contributed by atoms with Crippen LogP contribution < -0.4 is 0 Å². The Morgan fingerprint density at radius 1 is 1.38 bits per heavy atom. The third kappa shape index (κ3) is 3.32. The lowest BCUT2D eigenvalue weighted by molar-refractivity contribution is 0.0218. The van der Waals surface area contributed by atoms with E-state index in [2.05, 4.69) is 36.4 Å². The molecule has 0 amide bonds. The zero-order chi connectivity index (χ0) is 15.1. The molecular formula is C17H26N2OS. The predicted octanol–water partition coefficient (Wildman–Crippen LogP) is 4.30. The van der Waals surface area contributed by atoms with E-state index in [1.54, 1.807) is 11.3 Å². The summed E-state index contributed by atoms with van der Waals surface area (Å²) < 4.78 is 2.05. The van der Waals surface area contributed by atoms with Crippen molar-refractivity contribution in [1.29, 1.82) is 0 Å². The molecule has 0 radical (unpaired) electrons. The lowest BCUT2D eigenvalue weighted by Gasteiger charge is -2.30. The minimum Gasteiger partial charge on any atom is -0.389 e. The van der Waals surface area contributed by atoms with E-state index in [9.17, 15) is 5.11 Å². The van der Waals surface area contributed by atoms with Gasteiger partial charge in [-0.25, -0.2) is 4.98 Å². The molecule has 0 bridgehead atoms. The molecule has 2 aromatic heterocycles. The first-order chi connectivity index (χ1) is 9.86. The summed E-state index contributed by atoms with van der Waals surface area (Å²) in [5.74, 6) is 0.719. The van der Waals surface area contributed by atoms with Gasteiger partial charge < -0.3 is 5.11 Å². The summed E-state index contributed by atoms with van der Waals surface area (Å²) >= 11 is 1.65. The molecule has 2 aromatic rings. The summed E-state index contributed by atoms with van der Waals surface area (Å²) in [6.07, 6.45) is 10.1. The van der Waals surface area contributed by atoms with Crippen LogP contribution >= 0.6 is 11.3 Å². The summed E-state index contributed by atoms with van der Waals surface area (Å²) in [6.45, 7) is 6.97. The van der Waals surface area contributed by atoms with Gasteiger partial charge in [-0.15, -0.1) is 11.3 Å². The van der Waals surface area contributed by atoms with Crippen molar-refractivity contribution in [3.05, 3.63) is 23.5 Å². The highest BCUT2D eigenvalue weighted by molar-refractivity contribution is 7.15. The highest BCUT2D eigenvalue weighted by atomic mass is 32.1. The average Bonchev–Trinajstić information content (AvgIpc) is 2.86. The fraction of sp³-hybridized carbons (Fsp3) is 0.706. The van der Waals surface area contributed by atoms with Gasteiger partial charge in [-0.3, -0.25) is 4.40 Å². The molecule has 4 heteroatoms. The molecule has 1 aliphatic rings. The van der Waals surface area contributed by atoms with Gasteiger partial charge in [-0.2, -0.15) is 0 Å². The number of fused-ring (bicyclic) bond motifs is 1. The molecule has 1 N–H and O–H groups in total. The first-order valence-electron chi connectivity index (χ1n) is 7.99. The molecule has 3 nitrogen and oxygen atoms in total. The van der Waals surface area contributed by atoms with E-state index in [-0.39, 0.29) is 0 Å². The third-order valence-electron chi connectivity index (χ3n) is 5.03. The summed E-state index contributed by atoms with van der Waals surface area (Å²) in [6, 6.07) is 0. The average molecular weight is 306 g/mol. The lowest BCUT2D eigenvalue weighted by Crippen LogP contribution is -2.31. The molecule has 21 heavy (non-hydrogen) atoms. The summed E-state index contributed by atoms with van der Waals surface area (Å²) in [7, 11) is 0. The first kappa shape index (κ1) is 15.0. The molecule has 116 valence electrons. The van der Waals surface area contributed by atoms with Crippen LogP contribution in [0.25, 0.3) is 4.96 Å². The first-order valence-corrected chi connectivity index (χ1v) is 8.87. The van der Waals surface area contributed by atoms with Gasteiger partial charge in [-0.1, -0.05) is 27.2 Å². The van der Waals surface area contributed by atoms with Crippen LogP contribution in [0.2, 0.25) is 0 Å². The van der Waals surface area contributed by atoms with Crippen molar-refractivity contribution in [2.75, 3.05) is 0 Å². The maximum atomic E-state index is 11.0. The summed E-state index contributed by atoms with van der Waals surface area (Å²) in [5.41, 5.74) is 0.810. The maximum absolute atomic E-state index is 11.0. The van der Waals surface area contributed by atoms with Crippen LogP contribution in [0.5, 0.6) is 0 Å². The van der Waals surface area contributed by atoms with Crippen LogP contribution in [0.1, 0.15) is 58.6 Å². The van der Waals surface area contributed by atoms with Crippen LogP contribution in [-0.2, 0) is 6.42 Å². The van der Waals surface area contributed by atoms with Crippen molar-refractivity contribution in [2.45, 2.75) is 64.9 Å². The number of thiazole rings is 1. The minimum atomic E-state index is -0.565. The van der Waals surface area contributed by atoms with Crippen molar-refractivity contribution >= 4 is 16.3 Å². The topological polar surface area (TPSA) is 37.5 Å². The standard InChI is InChI=1S/C17H26N2OS/c1-16(2,3)13-5-4-7-17(20,8-6-13)11-14-12-19-9-10-21-15(19)18-14/h9-10,12-13,20H,4-8,11H2,1-3H3. The van der Waals surface area contributed by atoms with Crippen LogP contribution in [0.4, 0.5) is 0 Å². The van der Waals surface area contributed by atoms with Crippen molar-refractivity contribution in [3.63, 3.8) is 0 Å². The van der Waals surface area contributed by atoms with Gasteiger partial charge in [0.05, 0.1) is 11.3 Å². The van der Waals surface area contributed by atoms with Crippen molar-refractivity contribution < 1.29 is 5.11 Å². The number of imidazole rings is 1. The molecule has 0 saturated heterocycles. The molecule has 0 aromatic carbocycles. The predicted molar refractivity (Wildman–Crippen MR) is 87.8 cm³/mol. The van der Waals surface area contributed by atoms with E-state index in [4.69, 9.17) is 0 Å². The third-order valence-corrected chi connectivity index (χ3v) is 5.80. The molecule has 0 spiro atoms. The zero-order valence-electron chi connectivity index (χ0n) is 13.3. The Bertz CT molecular complexity index is 581. The van der Waals surface area contributed by atoms with Crippen LogP contribution in [0.3, 0.4) is 0 Å². The largest absolute Gasteiger partial charge is 0.389 e. The molecule has 2 heterocycles. The van der Waals surface area contributed by atoms with Crippen LogP contribution in [0, 0.1) is 11.3 Å². The quantitative estimate of drug-likeness (QED) is 0.840. The number of aliphatic hydroxyl groups is 1. The zero-order valence-corrected chi connectivity index (χ0v) is 14.1. The molecule has 3 rings (SSSR count). The van der Waals surface area contributed by atoms with Gasteiger partial charge in [0.15, 0.2) is 4.96 Å². The fourth-order valence-corrected chi connectivity index (χ4v) is 4.35. The van der Waals surface area contributed by atoms with Gasteiger partial charge in [0.1, 0.15) is 0 Å². The van der Waals surface area contributed by atoms with Gasteiger partial charge in [0.25, 0.3) is 0 Å². The second-order valence-corrected chi connectivity index (χ2v) is 8.59. The molecule has 1 fully saturated rings. The van der Waals surface area contributed by atoms with Gasteiger partial charge in [0.2, 0.25) is 0 Å². The summed E-state index contributed by atoms with van der Waals surface area (Å²) in [4.78, 5) is 5.65. The molecule has 2 unspecified atom stereocenters. The number of nitrogens with zero attached hydrogens (tertiary/aromatic N) is 2. The Hall–Kier alpha value is -0.870. The number of hydrogen-bond donors (Lipinski definition) is 1. The number of aromatic nitrogens is 2. The number of hydrogen-bond acceptors (Lipinski definition) is 3. The molecule has 1 aliphatic carbocycles. The van der Waals surface area contributed by atoms with E-state index in [1.165, 1.54) is 6.42 Å². The smallest absolute Gasteiger partial charge is 0.193 e. The van der Waals surface area contributed by atoms with Crippen molar-refractivity contribution in [3.8, 4) is 0 Å².